The number of aryl methyl sites for hydroxylation is 1. The van der Waals surface area contributed by atoms with E-state index in [1.165, 1.54) is 0 Å². The Morgan fingerprint density at radius 1 is 1.24 bits per heavy atom. The third-order valence-electron chi connectivity index (χ3n) is 3.67. The molecule has 1 amide bonds. The monoisotopic (exact) mass is 291 g/mol. The summed E-state index contributed by atoms with van der Waals surface area (Å²) in [7, 11) is 0. The summed E-state index contributed by atoms with van der Waals surface area (Å²) < 4.78 is 0. The molecule has 0 fully saturated rings. The first-order chi connectivity index (χ1) is 9.81. The number of hydrogen-bond donors (Lipinski definition) is 2. The van der Waals surface area contributed by atoms with Crippen LogP contribution in [0.3, 0.4) is 0 Å². The van der Waals surface area contributed by atoms with Crippen LogP contribution in [0.5, 0.6) is 0 Å². The fraction of sp³-hybridized carbons (Fsp3) is 0.529. The van der Waals surface area contributed by atoms with Crippen LogP contribution < -0.4 is 5.32 Å². The summed E-state index contributed by atoms with van der Waals surface area (Å²) in [6, 6.07) is 5.63. The maximum absolute atomic E-state index is 12.2. The molecule has 0 saturated heterocycles. The lowest BCUT2D eigenvalue weighted by molar-refractivity contribution is -0.138. The van der Waals surface area contributed by atoms with Gasteiger partial charge < -0.3 is 10.4 Å². The molecule has 0 spiro atoms. The number of carboxylic acids is 1. The van der Waals surface area contributed by atoms with Crippen LogP contribution in [-0.2, 0) is 4.79 Å². The van der Waals surface area contributed by atoms with Gasteiger partial charge in [0.1, 0.15) is 0 Å². The second-order valence-corrected chi connectivity index (χ2v) is 6.05. The van der Waals surface area contributed by atoms with Crippen LogP contribution in [0, 0.1) is 25.7 Å². The van der Waals surface area contributed by atoms with Crippen molar-refractivity contribution in [3.8, 4) is 0 Å². The largest absolute Gasteiger partial charge is 0.481 e. The van der Waals surface area contributed by atoms with Gasteiger partial charge in [0.05, 0.1) is 0 Å². The molecule has 0 bridgehead atoms. The normalized spacial score (nSPS) is 12.2. The van der Waals surface area contributed by atoms with Gasteiger partial charge >= 0.3 is 5.97 Å². The molecule has 0 heterocycles. The van der Waals surface area contributed by atoms with Crippen molar-refractivity contribution in [1.29, 1.82) is 0 Å². The second-order valence-electron chi connectivity index (χ2n) is 6.05. The first-order valence-corrected chi connectivity index (χ1v) is 7.37. The number of carbonyl (C=O) groups is 2. The van der Waals surface area contributed by atoms with E-state index in [1.807, 2.05) is 26.0 Å². The Labute approximate surface area is 126 Å². The maximum atomic E-state index is 12.2. The van der Waals surface area contributed by atoms with Crippen molar-refractivity contribution in [2.24, 2.45) is 11.8 Å². The minimum absolute atomic E-state index is 0.0310. The van der Waals surface area contributed by atoms with Crippen LogP contribution in [0.2, 0.25) is 0 Å². The zero-order valence-corrected chi connectivity index (χ0v) is 13.3. The quantitative estimate of drug-likeness (QED) is 0.811. The number of aliphatic carboxylic acids is 1. The van der Waals surface area contributed by atoms with Gasteiger partial charge in [0, 0.05) is 18.5 Å². The smallest absolute Gasteiger partial charge is 0.303 e. The summed E-state index contributed by atoms with van der Waals surface area (Å²) in [5.41, 5.74) is 2.70. The predicted octanol–water partition coefficient (Wildman–Crippen LogP) is 3.17. The number of rotatable bonds is 7. The third-order valence-corrected chi connectivity index (χ3v) is 3.67. The molecule has 0 radical (unpaired) electrons. The van der Waals surface area contributed by atoms with E-state index in [-0.39, 0.29) is 18.2 Å². The Hall–Kier alpha value is -1.84. The first-order valence-electron chi connectivity index (χ1n) is 7.37. The second kappa shape index (κ2) is 7.81. The molecule has 2 N–H and O–H groups in total. The Morgan fingerprint density at radius 3 is 2.48 bits per heavy atom. The molecule has 1 aromatic carbocycles. The van der Waals surface area contributed by atoms with E-state index in [1.54, 1.807) is 6.07 Å². The molecule has 1 rings (SSSR count). The summed E-state index contributed by atoms with van der Waals surface area (Å²) >= 11 is 0. The fourth-order valence-corrected chi connectivity index (χ4v) is 2.48. The van der Waals surface area contributed by atoms with E-state index in [0.29, 0.717) is 18.0 Å². The van der Waals surface area contributed by atoms with Gasteiger partial charge in [-0.3, -0.25) is 9.59 Å². The van der Waals surface area contributed by atoms with Crippen molar-refractivity contribution in [1.82, 2.24) is 5.32 Å². The summed E-state index contributed by atoms with van der Waals surface area (Å²) in [5.74, 6) is -0.569. The van der Waals surface area contributed by atoms with Crippen molar-refractivity contribution in [3.05, 3.63) is 34.9 Å². The van der Waals surface area contributed by atoms with Gasteiger partial charge in [-0.1, -0.05) is 26.0 Å². The van der Waals surface area contributed by atoms with E-state index < -0.39 is 5.97 Å². The van der Waals surface area contributed by atoms with Crippen molar-refractivity contribution in [2.45, 2.75) is 40.5 Å². The van der Waals surface area contributed by atoms with Crippen LogP contribution in [0.25, 0.3) is 0 Å². The highest BCUT2D eigenvalue weighted by Gasteiger charge is 2.17. The average Bonchev–Trinajstić information content (AvgIpc) is 2.37. The molecular weight excluding hydrogens is 266 g/mol. The Bertz CT molecular complexity index is 509. The summed E-state index contributed by atoms with van der Waals surface area (Å²) in [5, 5.41) is 11.8. The van der Waals surface area contributed by atoms with Crippen LogP contribution in [-0.4, -0.2) is 23.5 Å². The fourth-order valence-electron chi connectivity index (χ4n) is 2.48. The molecule has 21 heavy (non-hydrogen) atoms. The molecule has 4 heteroatoms. The van der Waals surface area contributed by atoms with Gasteiger partial charge in [0.15, 0.2) is 0 Å². The maximum Gasteiger partial charge on any atom is 0.303 e. The lowest BCUT2D eigenvalue weighted by Crippen LogP contribution is -2.31. The van der Waals surface area contributed by atoms with E-state index in [2.05, 4.69) is 19.2 Å². The summed E-state index contributed by atoms with van der Waals surface area (Å²) in [6.45, 7) is 8.41. The molecule has 1 aromatic rings. The highest BCUT2D eigenvalue weighted by atomic mass is 16.4. The average molecular weight is 291 g/mol. The molecule has 0 unspecified atom stereocenters. The molecule has 0 aliphatic carbocycles. The highest BCUT2D eigenvalue weighted by Crippen LogP contribution is 2.16. The third kappa shape index (κ3) is 5.58. The van der Waals surface area contributed by atoms with Crippen LogP contribution >= 0.6 is 0 Å². The van der Waals surface area contributed by atoms with E-state index in [9.17, 15) is 9.59 Å². The van der Waals surface area contributed by atoms with Gasteiger partial charge in [-0.05, 0) is 49.3 Å². The van der Waals surface area contributed by atoms with E-state index in [0.717, 1.165) is 17.5 Å². The molecule has 0 aliphatic rings. The summed E-state index contributed by atoms with van der Waals surface area (Å²) in [6.07, 6.45) is 0.880. The zero-order chi connectivity index (χ0) is 16.0. The van der Waals surface area contributed by atoms with Crippen molar-refractivity contribution in [2.75, 3.05) is 6.54 Å². The van der Waals surface area contributed by atoms with Gasteiger partial charge in [0.2, 0.25) is 0 Å². The zero-order valence-electron chi connectivity index (χ0n) is 13.3. The number of benzene rings is 1. The van der Waals surface area contributed by atoms with Gasteiger partial charge in [0.25, 0.3) is 5.91 Å². The Kier molecular flexibility index (Phi) is 6.40. The minimum atomic E-state index is -0.818. The SMILES string of the molecule is Cc1cccc(C(=O)NC[C@H](CC(=O)O)CC(C)C)c1C. The highest BCUT2D eigenvalue weighted by molar-refractivity contribution is 5.95. The standard InChI is InChI=1S/C17H25NO3/c1-11(2)8-14(9-16(19)20)10-18-17(21)15-7-5-6-12(3)13(15)4/h5-7,11,14H,8-10H2,1-4H3,(H,18,21)(H,19,20)/t14-/m0/s1. The molecule has 0 aliphatic heterocycles. The van der Waals surface area contributed by atoms with Crippen LogP contribution in [0.4, 0.5) is 0 Å². The van der Waals surface area contributed by atoms with Crippen LogP contribution in [0.1, 0.15) is 48.2 Å². The molecule has 0 saturated carbocycles. The van der Waals surface area contributed by atoms with Gasteiger partial charge in [-0.15, -0.1) is 0 Å². The summed E-state index contributed by atoms with van der Waals surface area (Å²) in [4.78, 5) is 23.1. The lowest BCUT2D eigenvalue weighted by Gasteiger charge is -2.18. The van der Waals surface area contributed by atoms with Crippen molar-refractivity contribution < 1.29 is 14.7 Å². The predicted molar refractivity (Wildman–Crippen MR) is 83.4 cm³/mol. The van der Waals surface area contributed by atoms with Crippen molar-refractivity contribution in [3.63, 3.8) is 0 Å². The minimum Gasteiger partial charge on any atom is -0.481 e. The number of carboxylic acid groups (broad SMARTS) is 1. The topological polar surface area (TPSA) is 66.4 Å². The van der Waals surface area contributed by atoms with E-state index in [4.69, 9.17) is 5.11 Å². The van der Waals surface area contributed by atoms with Gasteiger partial charge in [-0.25, -0.2) is 0 Å². The molecule has 0 aromatic heterocycles. The first kappa shape index (κ1) is 17.2. The molecule has 1 atom stereocenters. The Morgan fingerprint density at radius 2 is 1.90 bits per heavy atom. The van der Waals surface area contributed by atoms with Crippen molar-refractivity contribution >= 4 is 11.9 Å². The number of hydrogen-bond acceptors (Lipinski definition) is 2. The number of carbonyl (C=O) groups excluding carboxylic acids is 1. The molecule has 4 nitrogen and oxygen atoms in total. The van der Waals surface area contributed by atoms with Gasteiger partial charge in [-0.2, -0.15) is 0 Å². The Balaban J connectivity index is 2.68. The molecule has 116 valence electrons. The molecular formula is C17H25NO3. The number of amides is 1. The van der Waals surface area contributed by atoms with E-state index >= 15 is 0 Å². The van der Waals surface area contributed by atoms with Crippen LogP contribution in [0.15, 0.2) is 18.2 Å². The number of nitrogens with one attached hydrogen (secondary N) is 1. The lowest BCUT2D eigenvalue weighted by atomic mass is 9.94.